The first-order chi connectivity index (χ1) is 15.8. The summed E-state index contributed by atoms with van der Waals surface area (Å²) < 4.78 is 19.7. The Kier molecular flexibility index (Phi) is 6.45. The molecule has 0 radical (unpaired) electrons. The van der Waals surface area contributed by atoms with Crippen molar-refractivity contribution in [1.29, 1.82) is 0 Å². The van der Waals surface area contributed by atoms with E-state index in [1.54, 1.807) is 30.3 Å². The van der Waals surface area contributed by atoms with E-state index in [4.69, 9.17) is 4.74 Å². The molecule has 0 aliphatic carbocycles. The lowest BCUT2D eigenvalue weighted by molar-refractivity contribution is -0.137. The number of carbonyl (C=O) groups excluding carboxylic acids is 1. The third-order valence-corrected chi connectivity index (χ3v) is 5.82. The monoisotopic (exact) mass is 447 g/mol. The van der Waals surface area contributed by atoms with Crippen molar-refractivity contribution in [1.82, 2.24) is 4.90 Å². The number of halogens is 1. The Morgan fingerprint density at radius 3 is 2.52 bits per heavy atom. The molecule has 0 saturated heterocycles. The Morgan fingerprint density at radius 1 is 1.03 bits per heavy atom. The van der Waals surface area contributed by atoms with Crippen molar-refractivity contribution in [2.75, 3.05) is 13.1 Å². The van der Waals surface area contributed by atoms with Crippen molar-refractivity contribution >= 4 is 11.9 Å². The summed E-state index contributed by atoms with van der Waals surface area (Å²) in [6.45, 7) is 1.80. The predicted molar refractivity (Wildman–Crippen MR) is 123 cm³/mol. The molecule has 0 spiro atoms. The second-order valence-corrected chi connectivity index (χ2v) is 8.71. The zero-order chi connectivity index (χ0) is 23.4. The molecule has 33 heavy (non-hydrogen) atoms. The van der Waals surface area contributed by atoms with Crippen LogP contribution in [0.5, 0.6) is 5.75 Å². The minimum absolute atomic E-state index is 0.174. The first-order valence-corrected chi connectivity index (χ1v) is 10.9. The number of fused-ring (bicyclic) bond motifs is 1. The topological polar surface area (TPSA) is 66.8 Å². The van der Waals surface area contributed by atoms with Crippen molar-refractivity contribution in [2.24, 2.45) is 0 Å². The van der Waals surface area contributed by atoms with Gasteiger partial charge in [-0.1, -0.05) is 42.5 Å². The molecule has 170 valence electrons. The molecule has 0 bridgehead atoms. The van der Waals surface area contributed by atoms with E-state index in [0.717, 1.165) is 17.7 Å². The Morgan fingerprint density at radius 2 is 1.79 bits per heavy atom. The number of carbonyl (C=O) groups is 2. The maximum absolute atomic E-state index is 13.5. The molecule has 0 unspecified atom stereocenters. The van der Waals surface area contributed by atoms with E-state index in [2.05, 4.69) is 19.1 Å². The summed E-state index contributed by atoms with van der Waals surface area (Å²) in [6, 6.07) is 21.5. The number of carboxylic acids is 1. The van der Waals surface area contributed by atoms with Crippen molar-refractivity contribution < 1.29 is 23.8 Å². The van der Waals surface area contributed by atoms with E-state index < -0.39 is 18.1 Å². The molecule has 1 aliphatic rings. The smallest absolute Gasteiger partial charge is 0.323 e. The molecular formula is C27H26FNO4. The van der Waals surface area contributed by atoms with Gasteiger partial charge in [0.05, 0.1) is 0 Å². The number of aliphatic carboxylic acids is 1. The quantitative estimate of drug-likeness (QED) is 0.551. The van der Waals surface area contributed by atoms with Gasteiger partial charge in [-0.2, -0.15) is 0 Å². The first-order valence-electron chi connectivity index (χ1n) is 10.9. The molecule has 3 aromatic carbocycles. The molecular weight excluding hydrogens is 421 g/mol. The number of amides is 1. The highest BCUT2D eigenvalue weighted by Crippen LogP contribution is 2.37. The van der Waals surface area contributed by atoms with Crippen LogP contribution in [0.15, 0.2) is 72.8 Å². The zero-order valence-corrected chi connectivity index (χ0v) is 18.5. The standard InChI is InChI=1S/C27H26FNO4/c1-27(16-20-6-3-2-4-7-20)17-22-15-21(10-11-24(22)33-27)26(32)29(18-25(30)31)13-12-19-8-5-9-23(28)14-19/h2-11,14-15H,12-13,16-18H2,1H3,(H,30,31)/t27-/m1/s1. The Labute approximate surface area is 192 Å². The summed E-state index contributed by atoms with van der Waals surface area (Å²) >= 11 is 0. The third kappa shape index (κ3) is 5.58. The minimum Gasteiger partial charge on any atom is -0.487 e. The molecule has 0 fully saturated rings. The van der Waals surface area contributed by atoms with Crippen LogP contribution >= 0.6 is 0 Å². The number of rotatable bonds is 8. The van der Waals surface area contributed by atoms with Crippen molar-refractivity contribution in [3.63, 3.8) is 0 Å². The van der Waals surface area contributed by atoms with Crippen molar-refractivity contribution in [3.05, 3.63) is 101 Å². The van der Waals surface area contributed by atoms with Crippen molar-refractivity contribution in [3.8, 4) is 5.75 Å². The van der Waals surface area contributed by atoms with E-state index >= 15 is 0 Å². The molecule has 1 heterocycles. The van der Waals surface area contributed by atoms with Gasteiger partial charge in [0, 0.05) is 24.9 Å². The van der Waals surface area contributed by atoms with E-state index in [1.807, 2.05) is 18.2 Å². The summed E-state index contributed by atoms with van der Waals surface area (Å²) in [4.78, 5) is 25.8. The van der Waals surface area contributed by atoms with Crippen LogP contribution in [0.1, 0.15) is 34.0 Å². The number of ether oxygens (including phenoxy) is 1. The summed E-state index contributed by atoms with van der Waals surface area (Å²) in [5.41, 5.74) is 2.82. The van der Waals surface area contributed by atoms with Gasteiger partial charge in [-0.3, -0.25) is 9.59 Å². The molecule has 1 atom stereocenters. The summed E-state index contributed by atoms with van der Waals surface area (Å²) in [5, 5.41) is 9.31. The molecule has 1 N–H and O–H groups in total. The number of carboxylic acid groups (broad SMARTS) is 1. The molecule has 0 saturated carbocycles. The van der Waals surface area contributed by atoms with Crippen LogP contribution in [0.2, 0.25) is 0 Å². The van der Waals surface area contributed by atoms with E-state index in [1.165, 1.54) is 22.6 Å². The Balaban J connectivity index is 1.48. The average Bonchev–Trinajstić information content (AvgIpc) is 3.11. The van der Waals surface area contributed by atoms with Gasteiger partial charge in [0.2, 0.25) is 0 Å². The number of hydrogen-bond acceptors (Lipinski definition) is 3. The molecule has 0 aromatic heterocycles. The van der Waals surface area contributed by atoms with Crippen molar-refractivity contribution in [2.45, 2.75) is 31.8 Å². The minimum atomic E-state index is -1.09. The van der Waals surface area contributed by atoms with Gasteiger partial charge >= 0.3 is 5.97 Å². The summed E-state index contributed by atoms with van der Waals surface area (Å²) in [7, 11) is 0. The average molecular weight is 448 g/mol. The number of hydrogen-bond donors (Lipinski definition) is 1. The summed E-state index contributed by atoms with van der Waals surface area (Å²) in [5.74, 6) is -1.08. The first kappa shape index (κ1) is 22.5. The van der Waals surface area contributed by atoms with E-state index in [9.17, 15) is 19.1 Å². The molecule has 1 aliphatic heterocycles. The largest absolute Gasteiger partial charge is 0.487 e. The van der Waals surface area contributed by atoms with Gasteiger partial charge < -0.3 is 14.7 Å². The Hall–Kier alpha value is -3.67. The van der Waals surface area contributed by atoms with Gasteiger partial charge in [0.25, 0.3) is 5.91 Å². The van der Waals surface area contributed by atoms with Gasteiger partial charge in [0.1, 0.15) is 23.7 Å². The second kappa shape index (κ2) is 9.45. The Bertz CT molecular complexity index is 1160. The lowest BCUT2D eigenvalue weighted by Crippen LogP contribution is -2.37. The maximum Gasteiger partial charge on any atom is 0.323 e. The normalized spacial score (nSPS) is 16.7. The maximum atomic E-state index is 13.5. The molecule has 4 rings (SSSR count). The van der Waals surface area contributed by atoms with Crippen LogP contribution in [-0.4, -0.2) is 40.6 Å². The number of benzene rings is 3. The van der Waals surface area contributed by atoms with Gasteiger partial charge in [-0.25, -0.2) is 4.39 Å². The van der Waals surface area contributed by atoms with E-state index in [-0.39, 0.29) is 18.3 Å². The van der Waals surface area contributed by atoms with Crippen LogP contribution in [0.25, 0.3) is 0 Å². The third-order valence-electron chi connectivity index (χ3n) is 5.82. The SMILES string of the molecule is C[C@@]1(Cc2ccccc2)Cc2cc(C(=O)N(CCc3cccc(F)c3)CC(=O)O)ccc2O1. The fraction of sp³-hybridized carbons (Fsp3) is 0.259. The second-order valence-electron chi connectivity index (χ2n) is 8.71. The highest BCUT2D eigenvalue weighted by atomic mass is 19.1. The molecule has 5 nitrogen and oxygen atoms in total. The highest BCUT2D eigenvalue weighted by molar-refractivity contribution is 5.96. The van der Waals surface area contributed by atoms with Crippen LogP contribution in [0, 0.1) is 5.82 Å². The fourth-order valence-electron chi connectivity index (χ4n) is 4.34. The number of nitrogens with zero attached hydrogens (tertiary/aromatic N) is 1. The van der Waals surface area contributed by atoms with Gasteiger partial charge in [-0.15, -0.1) is 0 Å². The molecule has 6 heteroatoms. The van der Waals surface area contributed by atoms with Gasteiger partial charge in [0.15, 0.2) is 0 Å². The van der Waals surface area contributed by atoms with E-state index in [0.29, 0.717) is 24.0 Å². The van der Waals surface area contributed by atoms with Crippen LogP contribution in [-0.2, 0) is 24.1 Å². The lowest BCUT2D eigenvalue weighted by Gasteiger charge is -2.24. The summed E-state index contributed by atoms with van der Waals surface area (Å²) in [6.07, 6.45) is 1.76. The highest BCUT2D eigenvalue weighted by Gasteiger charge is 2.35. The predicted octanol–water partition coefficient (Wildman–Crippen LogP) is 4.53. The zero-order valence-electron chi connectivity index (χ0n) is 18.5. The molecule has 3 aromatic rings. The lowest BCUT2D eigenvalue weighted by atomic mass is 9.91. The van der Waals surface area contributed by atoms with Gasteiger partial charge in [-0.05, 0) is 60.4 Å². The van der Waals surface area contributed by atoms with Crippen LogP contribution in [0.4, 0.5) is 4.39 Å². The van der Waals surface area contributed by atoms with Crippen LogP contribution < -0.4 is 4.74 Å². The van der Waals surface area contributed by atoms with Crippen LogP contribution in [0.3, 0.4) is 0 Å². The molecule has 1 amide bonds. The fourth-order valence-corrected chi connectivity index (χ4v) is 4.34.